The van der Waals surface area contributed by atoms with Crippen LogP contribution in [0.5, 0.6) is 0 Å². The number of nitrogens with two attached hydrogens (primary N) is 1. The fraction of sp³-hybridized carbons (Fsp3) is 0.857. The van der Waals surface area contributed by atoms with Gasteiger partial charge in [-0.05, 0) is 20.0 Å². The average Bonchev–Trinajstić information content (AvgIpc) is 2.29. The van der Waals surface area contributed by atoms with Gasteiger partial charge in [0.2, 0.25) is 0 Å². The Morgan fingerprint density at radius 1 is 1.33 bits per heavy atom. The number of nitrogens with one attached hydrogen (secondary N) is 1. The molecule has 1 rings (SSSR count). The lowest BCUT2D eigenvalue weighted by Crippen LogP contribution is -2.44. The van der Waals surface area contributed by atoms with Crippen molar-refractivity contribution >= 4 is 6.03 Å². The second-order valence-corrected chi connectivity index (χ2v) is 3.09. The molecule has 1 aliphatic heterocycles. The van der Waals surface area contributed by atoms with Crippen LogP contribution in [0.25, 0.3) is 0 Å². The Balaban J connectivity index is 2.40. The maximum Gasteiger partial charge on any atom is 0.331 e. The summed E-state index contributed by atoms with van der Waals surface area (Å²) in [6, 6.07) is -0.176. The Morgan fingerprint density at radius 3 is 2.75 bits per heavy atom. The number of carbonyl (C=O) groups excluding carboxylic acids is 1. The van der Waals surface area contributed by atoms with Crippen molar-refractivity contribution in [2.45, 2.75) is 6.42 Å². The molecule has 0 saturated carbocycles. The van der Waals surface area contributed by atoms with Crippen LogP contribution in [0.15, 0.2) is 0 Å². The summed E-state index contributed by atoms with van der Waals surface area (Å²) in [5.41, 5.74) is 2.15. The summed E-state index contributed by atoms with van der Waals surface area (Å²) in [6.07, 6.45) is 1.02. The highest BCUT2D eigenvalue weighted by Crippen LogP contribution is 2.00. The molecule has 0 aromatic carbocycles. The van der Waals surface area contributed by atoms with Gasteiger partial charge in [0.05, 0.1) is 0 Å². The zero-order valence-corrected chi connectivity index (χ0v) is 7.42. The number of carbonyl (C=O) groups is 1. The molecule has 0 bridgehead atoms. The molecule has 0 aliphatic carbocycles. The number of likely N-dealkylation sites (N-methyl/N-ethyl adjacent to an activating group) is 1. The number of rotatable bonds is 0. The second-order valence-electron chi connectivity index (χ2n) is 3.09. The Morgan fingerprint density at radius 2 is 2.08 bits per heavy atom. The van der Waals surface area contributed by atoms with Crippen molar-refractivity contribution in [2.24, 2.45) is 5.84 Å². The van der Waals surface area contributed by atoms with Gasteiger partial charge in [0, 0.05) is 19.6 Å². The second kappa shape index (κ2) is 4.27. The van der Waals surface area contributed by atoms with Crippen LogP contribution in [0.3, 0.4) is 0 Å². The first-order chi connectivity index (χ1) is 5.74. The zero-order valence-electron chi connectivity index (χ0n) is 7.42. The maximum absolute atomic E-state index is 11.1. The molecule has 0 radical (unpaired) electrons. The fourth-order valence-electron chi connectivity index (χ4n) is 1.34. The maximum atomic E-state index is 11.1. The van der Waals surface area contributed by atoms with Gasteiger partial charge < -0.3 is 9.80 Å². The predicted octanol–water partition coefficient (Wildman–Crippen LogP) is -0.793. The topological polar surface area (TPSA) is 61.6 Å². The molecule has 12 heavy (non-hydrogen) atoms. The number of hydrazine groups is 1. The summed E-state index contributed by atoms with van der Waals surface area (Å²) < 4.78 is 0. The van der Waals surface area contributed by atoms with Crippen molar-refractivity contribution in [1.82, 2.24) is 15.2 Å². The van der Waals surface area contributed by atoms with E-state index < -0.39 is 0 Å². The minimum absolute atomic E-state index is 0.176. The van der Waals surface area contributed by atoms with E-state index in [-0.39, 0.29) is 6.03 Å². The lowest BCUT2D eigenvalue weighted by molar-refractivity contribution is 0.199. The number of amides is 2. The summed E-state index contributed by atoms with van der Waals surface area (Å²) in [6.45, 7) is 3.54. The molecule has 70 valence electrons. The first-order valence-corrected chi connectivity index (χ1v) is 4.18. The Bertz CT molecular complexity index is 161. The van der Waals surface area contributed by atoms with E-state index in [0.29, 0.717) is 0 Å². The molecule has 2 amide bonds. The van der Waals surface area contributed by atoms with E-state index in [4.69, 9.17) is 5.84 Å². The van der Waals surface area contributed by atoms with E-state index in [0.717, 1.165) is 32.6 Å². The van der Waals surface area contributed by atoms with Gasteiger partial charge in [-0.3, -0.25) is 5.43 Å². The van der Waals surface area contributed by atoms with Crippen molar-refractivity contribution in [3.8, 4) is 0 Å². The van der Waals surface area contributed by atoms with Gasteiger partial charge in [0.1, 0.15) is 0 Å². The van der Waals surface area contributed by atoms with Crippen molar-refractivity contribution in [1.29, 1.82) is 0 Å². The Kier molecular flexibility index (Phi) is 3.31. The standard InChI is InChI=1S/C7H16N4O/c1-10-3-2-4-11(6-5-10)7(12)9-8/h2-6,8H2,1H3,(H,9,12). The van der Waals surface area contributed by atoms with Gasteiger partial charge in [-0.2, -0.15) is 0 Å². The van der Waals surface area contributed by atoms with Gasteiger partial charge in [0.25, 0.3) is 0 Å². The van der Waals surface area contributed by atoms with Gasteiger partial charge in [-0.15, -0.1) is 0 Å². The minimum atomic E-state index is -0.176. The third kappa shape index (κ3) is 2.35. The zero-order chi connectivity index (χ0) is 8.97. The number of nitrogens with zero attached hydrogens (tertiary/aromatic N) is 2. The molecule has 1 fully saturated rings. The Labute approximate surface area is 72.5 Å². The van der Waals surface area contributed by atoms with E-state index in [9.17, 15) is 4.79 Å². The molecule has 3 N–H and O–H groups in total. The normalized spacial score (nSPS) is 20.3. The number of hydrogen-bond acceptors (Lipinski definition) is 3. The lowest BCUT2D eigenvalue weighted by atomic mass is 10.4. The molecular weight excluding hydrogens is 156 g/mol. The molecule has 1 heterocycles. The first kappa shape index (κ1) is 9.28. The smallest absolute Gasteiger partial charge is 0.322 e. The minimum Gasteiger partial charge on any atom is -0.322 e. The van der Waals surface area contributed by atoms with Crippen molar-refractivity contribution < 1.29 is 4.79 Å². The molecule has 0 spiro atoms. The van der Waals surface area contributed by atoms with Crippen LogP contribution >= 0.6 is 0 Å². The highest BCUT2D eigenvalue weighted by atomic mass is 16.2. The van der Waals surface area contributed by atoms with Crippen molar-refractivity contribution in [3.05, 3.63) is 0 Å². The van der Waals surface area contributed by atoms with Gasteiger partial charge in [0.15, 0.2) is 0 Å². The number of urea groups is 1. The first-order valence-electron chi connectivity index (χ1n) is 4.18. The third-order valence-electron chi connectivity index (χ3n) is 2.13. The van der Waals surface area contributed by atoms with Crippen LogP contribution in [0.4, 0.5) is 4.79 Å². The van der Waals surface area contributed by atoms with Crippen LogP contribution in [-0.4, -0.2) is 49.1 Å². The average molecular weight is 172 g/mol. The third-order valence-corrected chi connectivity index (χ3v) is 2.13. The molecule has 1 aliphatic rings. The van der Waals surface area contributed by atoms with E-state index in [1.54, 1.807) is 4.90 Å². The molecular formula is C7H16N4O. The van der Waals surface area contributed by atoms with Crippen molar-refractivity contribution in [3.63, 3.8) is 0 Å². The molecule has 5 nitrogen and oxygen atoms in total. The molecule has 0 unspecified atom stereocenters. The molecule has 1 saturated heterocycles. The van der Waals surface area contributed by atoms with E-state index >= 15 is 0 Å². The molecule has 0 atom stereocenters. The lowest BCUT2D eigenvalue weighted by Gasteiger charge is -2.19. The van der Waals surface area contributed by atoms with Crippen LogP contribution in [0.2, 0.25) is 0 Å². The van der Waals surface area contributed by atoms with Gasteiger partial charge in [-0.25, -0.2) is 10.6 Å². The van der Waals surface area contributed by atoms with E-state index in [1.807, 2.05) is 0 Å². The molecule has 5 heteroatoms. The highest BCUT2D eigenvalue weighted by molar-refractivity contribution is 5.73. The monoisotopic (exact) mass is 172 g/mol. The summed E-state index contributed by atoms with van der Waals surface area (Å²) >= 11 is 0. The van der Waals surface area contributed by atoms with Crippen molar-refractivity contribution in [2.75, 3.05) is 33.2 Å². The van der Waals surface area contributed by atoms with Gasteiger partial charge in [-0.1, -0.05) is 0 Å². The summed E-state index contributed by atoms with van der Waals surface area (Å²) in [7, 11) is 2.06. The van der Waals surface area contributed by atoms with E-state index in [2.05, 4.69) is 17.4 Å². The van der Waals surface area contributed by atoms with Crippen LogP contribution in [-0.2, 0) is 0 Å². The van der Waals surface area contributed by atoms with Crippen LogP contribution in [0, 0.1) is 0 Å². The Hall–Kier alpha value is -0.810. The fourth-order valence-corrected chi connectivity index (χ4v) is 1.34. The van der Waals surface area contributed by atoms with Crippen LogP contribution < -0.4 is 11.3 Å². The highest BCUT2D eigenvalue weighted by Gasteiger charge is 2.15. The summed E-state index contributed by atoms with van der Waals surface area (Å²) in [5, 5.41) is 0. The largest absolute Gasteiger partial charge is 0.331 e. The summed E-state index contributed by atoms with van der Waals surface area (Å²) in [4.78, 5) is 15.0. The van der Waals surface area contributed by atoms with Crippen LogP contribution in [0.1, 0.15) is 6.42 Å². The summed E-state index contributed by atoms with van der Waals surface area (Å²) in [5.74, 6) is 5.03. The van der Waals surface area contributed by atoms with E-state index in [1.165, 1.54) is 0 Å². The SMILES string of the molecule is CN1CCCN(C(=O)NN)CC1. The molecule has 0 aromatic heterocycles. The van der Waals surface area contributed by atoms with Gasteiger partial charge >= 0.3 is 6.03 Å². The predicted molar refractivity (Wildman–Crippen MR) is 46.4 cm³/mol. The molecule has 0 aromatic rings. The number of hydrogen-bond donors (Lipinski definition) is 2. The quantitative estimate of drug-likeness (QED) is 0.286.